The molecule has 1 aromatic rings. The zero-order chi connectivity index (χ0) is 26.0. The number of hydrogen-bond donors (Lipinski definition) is 6. The lowest BCUT2D eigenvalue weighted by molar-refractivity contribution is -0.148. The van der Waals surface area contributed by atoms with Crippen LogP contribution in [0.1, 0.15) is 67.2 Å². The zero-order valence-corrected chi connectivity index (χ0v) is 19.1. The third-order valence-corrected chi connectivity index (χ3v) is 3.69. The lowest BCUT2D eigenvalue weighted by atomic mass is 9.97. The van der Waals surface area contributed by atoms with E-state index in [-0.39, 0.29) is 49.8 Å². The number of aliphatic carboxylic acids is 1. The van der Waals surface area contributed by atoms with E-state index in [1.807, 2.05) is 0 Å². The first-order valence-electron chi connectivity index (χ1n) is 10.1. The number of carboxylic acids is 3. The number of carboxylic acid groups (broad SMARTS) is 3. The first-order valence-corrected chi connectivity index (χ1v) is 10.1. The van der Waals surface area contributed by atoms with Gasteiger partial charge in [-0.05, 0) is 38.0 Å². The standard InChI is InChI=1S/C11H20O5.C8H6O4.C3H8O2/c1-11(2,7-12)8-16-10(15)6-4-3-5-9(13)14;9-7(10)5-2-1-3-6(4-5)8(11)12;1-3(5)2-4/h12H,3-8H2,1-2H3,(H,13,14);1-4H,(H,9,10)(H,11,12);3-5H,2H2,1H3. The molecule has 1 unspecified atom stereocenters. The second-order valence-electron chi connectivity index (χ2n) is 7.81. The Morgan fingerprint density at radius 3 is 1.76 bits per heavy atom. The van der Waals surface area contributed by atoms with Crippen molar-refractivity contribution in [2.45, 2.75) is 52.6 Å². The Balaban J connectivity index is 0. The second kappa shape index (κ2) is 17.5. The van der Waals surface area contributed by atoms with Crippen molar-refractivity contribution in [3.05, 3.63) is 35.4 Å². The largest absolute Gasteiger partial charge is 0.481 e. The van der Waals surface area contributed by atoms with Gasteiger partial charge in [-0.15, -0.1) is 0 Å². The van der Waals surface area contributed by atoms with Gasteiger partial charge in [-0.1, -0.05) is 19.9 Å². The van der Waals surface area contributed by atoms with E-state index in [0.29, 0.717) is 12.8 Å². The Kier molecular flexibility index (Phi) is 17.1. The van der Waals surface area contributed by atoms with Gasteiger partial charge in [-0.25, -0.2) is 9.59 Å². The fraction of sp³-hybridized carbons (Fsp3) is 0.545. The molecule has 188 valence electrons. The summed E-state index contributed by atoms with van der Waals surface area (Å²) in [5, 5.41) is 50.3. The Morgan fingerprint density at radius 2 is 1.39 bits per heavy atom. The molecule has 0 heterocycles. The number of rotatable bonds is 11. The van der Waals surface area contributed by atoms with Crippen LogP contribution in [0, 0.1) is 5.41 Å². The second-order valence-corrected chi connectivity index (χ2v) is 7.81. The molecule has 33 heavy (non-hydrogen) atoms. The maximum absolute atomic E-state index is 11.2. The smallest absolute Gasteiger partial charge is 0.335 e. The molecule has 0 aliphatic heterocycles. The molecular formula is C22H34O11. The molecule has 0 aliphatic rings. The van der Waals surface area contributed by atoms with Gasteiger partial charge in [-0.3, -0.25) is 9.59 Å². The summed E-state index contributed by atoms with van der Waals surface area (Å²) in [5.41, 5.74) is -0.457. The van der Waals surface area contributed by atoms with Crippen LogP contribution in [0.3, 0.4) is 0 Å². The molecule has 6 N–H and O–H groups in total. The van der Waals surface area contributed by atoms with Crippen molar-refractivity contribution >= 4 is 23.9 Å². The van der Waals surface area contributed by atoms with Crippen molar-refractivity contribution in [3.63, 3.8) is 0 Å². The van der Waals surface area contributed by atoms with E-state index >= 15 is 0 Å². The molecule has 0 saturated carbocycles. The lowest BCUT2D eigenvalue weighted by Gasteiger charge is -2.20. The van der Waals surface area contributed by atoms with Crippen molar-refractivity contribution in [1.29, 1.82) is 0 Å². The van der Waals surface area contributed by atoms with E-state index < -0.39 is 29.4 Å². The van der Waals surface area contributed by atoms with E-state index in [9.17, 15) is 19.2 Å². The van der Waals surface area contributed by atoms with Crippen LogP contribution in [-0.2, 0) is 14.3 Å². The molecule has 0 spiro atoms. The van der Waals surface area contributed by atoms with Gasteiger partial charge >= 0.3 is 23.9 Å². The first-order chi connectivity index (χ1) is 15.3. The molecule has 0 amide bonds. The molecule has 0 aromatic heterocycles. The van der Waals surface area contributed by atoms with Crippen LogP contribution in [0.4, 0.5) is 0 Å². The van der Waals surface area contributed by atoms with Crippen LogP contribution in [-0.4, -0.2) is 80.4 Å². The molecule has 1 atom stereocenters. The molecule has 0 radical (unpaired) electrons. The number of aliphatic hydroxyl groups is 3. The molecule has 0 bridgehead atoms. The van der Waals surface area contributed by atoms with Crippen molar-refractivity contribution in [1.82, 2.24) is 0 Å². The molecular weight excluding hydrogens is 440 g/mol. The van der Waals surface area contributed by atoms with Gasteiger partial charge in [0.05, 0.1) is 37.1 Å². The maximum Gasteiger partial charge on any atom is 0.335 e. The average molecular weight is 475 g/mol. The Hall–Kier alpha value is -3.02. The number of esters is 1. The quantitative estimate of drug-likeness (QED) is 0.201. The zero-order valence-electron chi connectivity index (χ0n) is 19.1. The molecule has 0 aliphatic carbocycles. The van der Waals surface area contributed by atoms with Crippen molar-refractivity contribution in [3.8, 4) is 0 Å². The van der Waals surface area contributed by atoms with E-state index in [1.54, 1.807) is 13.8 Å². The van der Waals surface area contributed by atoms with Gasteiger partial charge in [0, 0.05) is 18.3 Å². The van der Waals surface area contributed by atoms with Gasteiger partial charge in [0.25, 0.3) is 0 Å². The highest BCUT2D eigenvalue weighted by molar-refractivity contribution is 5.93. The number of carbonyl (C=O) groups excluding carboxylic acids is 1. The lowest BCUT2D eigenvalue weighted by Crippen LogP contribution is -2.25. The minimum atomic E-state index is -1.13. The molecule has 11 nitrogen and oxygen atoms in total. The van der Waals surface area contributed by atoms with Gasteiger partial charge in [0.15, 0.2) is 0 Å². The molecule has 0 fully saturated rings. The maximum atomic E-state index is 11.2. The Morgan fingerprint density at radius 1 is 0.939 bits per heavy atom. The van der Waals surface area contributed by atoms with E-state index in [1.165, 1.54) is 25.1 Å². The number of ether oxygens (including phenoxy) is 1. The average Bonchev–Trinajstić information content (AvgIpc) is 2.76. The number of aromatic carboxylic acids is 2. The summed E-state index contributed by atoms with van der Waals surface area (Å²) in [7, 11) is 0. The Labute approximate surface area is 192 Å². The predicted octanol–water partition coefficient (Wildman–Crippen LogP) is 1.64. The van der Waals surface area contributed by atoms with Crippen LogP contribution in [0.15, 0.2) is 24.3 Å². The molecule has 1 rings (SSSR count). The normalized spacial score (nSPS) is 11.1. The number of aliphatic hydroxyl groups excluding tert-OH is 3. The highest BCUT2D eigenvalue weighted by Crippen LogP contribution is 2.14. The van der Waals surface area contributed by atoms with Crippen LogP contribution < -0.4 is 0 Å². The van der Waals surface area contributed by atoms with Gasteiger partial charge in [0.2, 0.25) is 0 Å². The molecule has 1 aromatic carbocycles. The topological polar surface area (TPSA) is 199 Å². The monoisotopic (exact) mass is 474 g/mol. The van der Waals surface area contributed by atoms with Crippen LogP contribution in [0.2, 0.25) is 0 Å². The summed E-state index contributed by atoms with van der Waals surface area (Å²) >= 11 is 0. The SMILES string of the molecule is CC(C)(CO)COC(=O)CCCCC(=O)O.CC(O)CO.O=C(O)c1cccc(C(=O)O)c1. The number of benzene rings is 1. The molecule has 11 heteroatoms. The van der Waals surface area contributed by atoms with Gasteiger partial charge < -0.3 is 35.4 Å². The fourth-order valence-electron chi connectivity index (χ4n) is 1.72. The van der Waals surface area contributed by atoms with Crippen molar-refractivity contribution in [2.75, 3.05) is 19.8 Å². The summed E-state index contributed by atoms with van der Waals surface area (Å²) in [5.74, 6) is -3.45. The van der Waals surface area contributed by atoms with Gasteiger partial charge in [0.1, 0.15) is 0 Å². The number of carbonyl (C=O) groups is 4. The predicted molar refractivity (Wildman–Crippen MR) is 117 cm³/mol. The minimum absolute atomic E-state index is 0.0186. The minimum Gasteiger partial charge on any atom is -0.481 e. The summed E-state index contributed by atoms with van der Waals surface area (Å²) in [6, 6.07) is 5.20. The third kappa shape index (κ3) is 19.4. The first kappa shape index (κ1) is 32.2. The van der Waals surface area contributed by atoms with Crippen molar-refractivity contribution in [2.24, 2.45) is 5.41 Å². The van der Waals surface area contributed by atoms with Crippen LogP contribution in [0.25, 0.3) is 0 Å². The number of unbranched alkanes of at least 4 members (excludes halogenated alkanes) is 1. The highest BCUT2D eigenvalue weighted by Gasteiger charge is 2.18. The van der Waals surface area contributed by atoms with Crippen LogP contribution in [0.5, 0.6) is 0 Å². The van der Waals surface area contributed by atoms with E-state index in [2.05, 4.69) is 0 Å². The van der Waals surface area contributed by atoms with Gasteiger partial charge in [-0.2, -0.15) is 0 Å². The highest BCUT2D eigenvalue weighted by atomic mass is 16.5. The fourth-order valence-corrected chi connectivity index (χ4v) is 1.72. The van der Waals surface area contributed by atoms with E-state index in [4.69, 9.17) is 35.4 Å². The summed E-state index contributed by atoms with van der Waals surface area (Å²) < 4.78 is 4.96. The molecule has 0 saturated heterocycles. The summed E-state index contributed by atoms with van der Waals surface area (Å²) in [6.45, 7) is 5.12. The van der Waals surface area contributed by atoms with E-state index in [0.717, 1.165) is 6.07 Å². The third-order valence-electron chi connectivity index (χ3n) is 3.69. The summed E-state index contributed by atoms with van der Waals surface area (Å²) in [4.78, 5) is 42.2. The van der Waals surface area contributed by atoms with Crippen molar-refractivity contribution < 1.29 is 54.6 Å². The summed E-state index contributed by atoms with van der Waals surface area (Å²) in [6.07, 6.45) is 0.748. The van der Waals surface area contributed by atoms with Crippen LogP contribution >= 0.6 is 0 Å². The number of hydrogen-bond acceptors (Lipinski definition) is 8. The Bertz CT molecular complexity index is 712.